The molecule has 1 saturated heterocycles. The first kappa shape index (κ1) is 22.9. The molecular weight excluding hydrogens is 472 g/mol. The van der Waals surface area contributed by atoms with Crippen molar-refractivity contribution >= 4 is 48.3 Å². The predicted molar refractivity (Wildman–Crippen MR) is 122 cm³/mol. The molecule has 174 valence electrons. The van der Waals surface area contributed by atoms with Gasteiger partial charge in [-0.25, -0.2) is 13.4 Å². The van der Waals surface area contributed by atoms with E-state index in [0.717, 1.165) is 30.2 Å². The standard InChI is InChI=1S/C20H20N4O7S2/c1-30-16-10-13(15(24(26)27)11-17(16)31-2)19(25)22-20-21-14-6-5-12(9-18(14)32-20)33(28,29)23-7-3-4-8-23/h5-6,9-11H,3-4,7-8H2,1-2H3,(H,21,22,25). The molecule has 3 aromatic rings. The van der Waals surface area contributed by atoms with Gasteiger partial charge in [0.2, 0.25) is 10.0 Å². The molecule has 2 aromatic carbocycles. The van der Waals surface area contributed by atoms with Gasteiger partial charge in [-0.15, -0.1) is 0 Å². The number of sulfonamides is 1. The number of nitrogens with zero attached hydrogens (tertiary/aromatic N) is 3. The molecule has 0 unspecified atom stereocenters. The molecule has 0 spiro atoms. The minimum absolute atomic E-state index is 0.118. The molecule has 1 N–H and O–H groups in total. The number of amides is 1. The van der Waals surface area contributed by atoms with E-state index in [2.05, 4.69) is 10.3 Å². The van der Waals surface area contributed by atoms with Crippen molar-refractivity contribution in [1.29, 1.82) is 0 Å². The van der Waals surface area contributed by atoms with Gasteiger partial charge in [0.15, 0.2) is 16.6 Å². The van der Waals surface area contributed by atoms with Gasteiger partial charge >= 0.3 is 0 Å². The van der Waals surface area contributed by atoms with Crippen LogP contribution in [0.25, 0.3) is 10.2 Å². The molecular formula is C20H20N4O7S2. The Morgan fingerprint density at radius 1 is 1.15 bits per heavy atom. The monoisotopic (exact) mass is 492 g/mol. The summed E-state index contributed by atoms with van der Waals surface area (Å²) in [7, 11) is -0.904. The summed E-state index contributed by atoms with van der Waals surface area (Å²) in [5.41, 5.74) is -0.183. The highest BCUT2D eigenvalue weighted by molar-refractivity contribution is 7.89. The largest absolute Gasteiger partial charge is 0.493 e. The molecule has 1 aliphatic heterocycles. The van der Waals surface area contributed by atoms with Crippen molar-refractivity contribution in [1.82, 2.24) is 9.29 Å². The second-order valence-corrected chi connectivity index (χ2v) is 10.2. The van der Waals surface area contributed by atoms with Gasteiger partial charge in [-0.3, -0.25) is 20.2 Å². The van der Waals surface area contributed by atoms with E-state index in [1.165, 1.54) is 36.7 Å². The van der Waals surface area contributed by atoms with Gasteiger partial charge in [0.05, 0.1) is 40.3 Å². The second kappa shape index (κ2) is 8.92. The number of rotatable bonds is 7. The van der Waals surface area contributed by atoms with Crippen LogP contribution >= 0.6 is 11.3 Å². The smallest absolute Gasteiger partial charge is 0.286 e. The lowest BCUT2D eigenvalue weighted by Crippen LogP contribution is -2.27. The van der Waals surface area contributed by atoms with Crippen LogP contribution in [0.4, 0.5) is 10.8 Å². The highest BCUT2D eigenvalue weighted by Crippen LogP contribution is 2.36. The van der Waals surface area contributed by atoms with Gasteiger partial charge in [0.1, 0.15) is 5.56 Å². The summed E-state index contributed by atoms with van der Waals surface area (Å²) in [4.78, 5) is 28.1. The summed E-state index contributed by atoms with van der Waals surface area (Å²) in [6, 6.07) is 6.92. The molecule has 0 radical (unpaired) electrons. The Hall–Kier alpha value is -3.29. The lowest BCUT2D eigenvalue weighted by Gasteiger charge is -2.15. The first-order valence-corrected chi connectivity index (χ1v) is 12.1. The van der Waals surface area contributed by atoms with Crippen LogP contribution < -0.4 is 14.8 Å². The molecule has 1 fully saturated rings. The van der Waals surface area contributed by atoms with Crippen LogP contribution in [0.2, 0.25) is 0 Å². The quantitative estimate of drug-likeness (QED) is 0.391. The first-order valence-electron chi connectivity index (χ1n) is 9.87. The number of carbonyl (C=O) groups excluding carboxylic acids is 1. The molecule has 1 amide bonds. The molecule has 2 heterocycles. The number of hydrogen-bond acceptors (Lipinski definition) is 9. The summed E-state index contributed by atoms with van der Waals surface area (Å²) in [6.45, 7) is 0.989. The van der Waals surface area contributed by atoms with Gasteiger partial charge in [0, 0.05) is 19.2 Å². The fourth-order valence-electron chi connectivity index (χ4n) is 3.56. The Morgan fingerprint density at radius 3 is 2.45 bits per heavy atom. The molecule has 4 rings (SSSR count). The van der Waals surface area contributed by atoms with E-state index in [4.69, 9.17) is 9.47 Å². The van der Waals surface area contributed by atoms with Crippen molar-refractivity contribution < 1.29 is 27.6 Å². The van der Waals surface area contributed by atoms with Gasteiger partial charge in [-0.05, 0) is 31.0 Å². The molecule has 33 heavy (non-hydrogen) atoms. The number of thiazole rings is 1. The van der Waals surface area contributed by atoms with E-state index >= 15 is 0 Å². The third kappa shape index (κ3) is 4.34. The topological polar surface area (TPSA) is 141 Å². The Kier molecular flexibility index (Phi) is 6.19. The molecule has 13 heteroatoms. The van der Waals surface area contributed by atoms with E-state index in [-0.39, 0.29) is 27.1 Å². The summed E-state index contributed by atoms with van der Waals surface area (Å²) in [5.74, 6) is -0.478. The van der Waals surface area contributed by atoms with Crippen molar-refractivity contribution in [2.45, 2.75) is 17.7 Å². The first-order chi connectivity index (χ1) is 15.7. The fraction of sp³-hybridized carbons (Fsp3) is 0.300. The molecule has 11 nitrogen and oxygen atoms in total. The average molecular weight is 493 g/mol. The Bertz CT molecular complexity index is 1350. The third-order valence-electron chi connectivity index (χ3n) is 5.23. The Labute approximate surface area is 193 Å². The van der Waals surface area contributed by atoms with E-state index < -0.39 is 26.5 Å². The van der Waals surface area contributed by atoms with Gasteiger partial charge in [-0.1, -0.05) is 11.3 Å². The molecule has 0 atom stereocenters. The van der Waals surface area contributed by atoms with Crippen molar-refractivity contribution in [3.8, 4) is 11.5 Å². The number of aromatic nitrogens is 1. The zero-order valence-electron chi connectivity index (χ0n) is 17.7. The average Bonchev–Trinajstić information content (AvgIpc) is 3.47. The predicted octanol–water partition coefficient (Wildman–Crippen LogP) is 3.26. The van der Waals surface area contributed by atoms with Crippen molar-refractivity contribution in [3.63, 3.8) is 0 Å². The summed E-state index contributed by atoms with van der Waals surface area (Å²) in [6.07, 6.45) is 1.67. The van der Waals surface area contributed by atoms with Crippen molar-refractivity contribution in [2.75, 3.05) is 32.6 Å². The zero-order valence-corrected chi connectivity index (χ0v) is 19.4. The van der Waals surface area contributed by atoms with E-state index in [9.17, 15) is 23.3 Å². The van der Waals surface area contributed by atoms with E-state index in [1.54, 1.807) is 6.07 Å². The molecule has 0 aliphatic carbocycles. The molecule has 1 aromatic heterocycles. The highest BCUT2D eigenvalue weighted by Gasteiger charge is 2.28. The fourth-order valence-corrected chi connectivity index (χ4v) is 6.08. The lowest BCUT2D eigenvalue weighted by atomic mass is 10.1. The van der Waals surface area contributed by atoms with Gasteiger partial charge in [0.25, 0.3) is 11.6 Å². The third-order valence-corrected chi connectivity index (χ3v) is 8.05. The SMILES string of the molecule is COc1cc(C(=O)Nc2nc3ccc(S(=O)(=O)N4CCCC4)cc3s2)c([N+](=O)[O-])cc1OC. The van der Waals surface area contributed by atoms with Crippen LogP contribution in [0.5, 0.6) is 11.5 Å². The maximum atomic E-state index is 12.8. The number of anilines is 1. The number of benzene rings is 2. The summed E-state index contributed by atoms with van der Waals surface area (Å²) in [5, 5.41) is 14.2. The van der Waals surface area contributed by atoms with Crippen LogP contribution in [-0.4, -0.2) is 55.8 Å². The number of nitrogens with one attached hydrogen (secondary N) is 1. The van der Waals surface area contributed by atoms with Crippen LogP contribution in [0.3, 0.4) is 0 Å². The summed E-state index contributed by atoms with van der Waals surface area (Å²) >= 11 is 1.07. The van der Waals surface area contributed by atoms with E-state index in [0.29, 0.717) is 23.3 Å². The highest BCUT2D eigenvalue weighted by atomic mass is 32.2. The van der Waals surface area contributed by atoms with Crippen molar-refractivity contribution in [2.24, 2.45) is 0 Å². The second-order valence-electron chi connectivity index (χ2n) is 7.20. The number of methoxy groups -OCH3 is 2. The number of carbonyl (C=O) groups is 1. The number of nitro benzene ring substituents is 1. The molecule has 0 bridgehead atoms. The van der Waals surface area contributed by atoms with Gasteiger partial charge < -0.3 is 9.47 Å². The normalized spacial score (nSPS) is 14.4. The van der Waals surface area contributed by atoms with Crippen LogP contribution in [0.15, 0.2) is 35.2 Å². The van der Waals surface area contributed by atoms with Gasteiger partial charge in [-0.2, -0.15) is 4.31 Å². The molecule has 0 saturated carbocycles. The van der Waals surface area contributed by atoms with Crippen LogP contribution in [-0.2, 0) is 10.0 Å². The maximum absolute atomic E-state index is 12.8. The minimum atomic E-state index is -3.59. The molecule has 1 aliphatic rings. The number of nitro groups is 1. The number of ether oxygens (including phenoxy) is 2. The maximum Gasteiger partial charge on any atom is 0.286 e. The zero-order chi connectivity index (χ0) is 23.8. The van der Waals surface area contributed by atoms with E-state index in [1.807, 2.05) is 0 Å². The van der Waals surface area contributed by atoms with Crippen molar-refractivity contribution in [3.05, 3.63) is 46.0 Å². The number of fused-ring (bicyclic) bond motifs is 1. The van der Waals surface area contributed by atoms with Crippen LogP contribution in [0, 0.1) is 10.1 Å². The minimum Gasteiger partial charge on any atom is -0.493 e. The lowest BCUT2D eigenvalue weighted by molar-refractivity contribution is -0.385. The summed E-state index contributed by atoms with van der Waals surface area (Å²) < 4.78 is 37.9. The van der Waals surface area contributed by atoms with Crippen LogP contribution in [0.1, 0.15) is 23.2 Å². The Balaban J connectivity index is 1.64. The Morgan fingerprint density at radius 2 is 1.82 bits per heavy atom. The number of hydrogen-bond donors (Lipinski definition) is 1.